The monoisotopic (exact) mass is 1040 g/mol. The highest BCUT2D eigenvalue weighted by Crippen LogP contribution is 2.45. The van der Waals surface area contributed by atoms with Crippen molar-refractivity contribution in [2.24, 2.45) is 17.8 Å². The molecule has 4 aliphatic rings. The zero-order valence-corrected chi connectivity index (χ0v) is 49.3. The van der Waals surface area contributed by atoms with Gasteiger partial charge in [0.1, 0.15) is 30.2 Å². The summed E-state index contributed by atoms with van der Waals surface area (Å²) in [4.78, 5) is 41.7. The molecule has 4 aliphatic heterocycles. The largest absolute Gasteiger partial charge is 0.462 e. The summed E-state index contributed by atoms with van der Waals surface area (Å²) in [7, 11) is 0.519. The van der Waals surface area contributed by atoms with Gasteiger partial charge in [-0.1, -0.05) is 86.6 Å². The van der Waals surface area contributed by atoms with E-state index in [9.17, 15) is 19.5 Å². The van der Waals surface area contributed by atoms with E-state index in [1.54, 1.807) is 34.8 Å². The van der Waals surface area contributed by atoms with Gasteiger partial charge in [-0.25, -0.2) is 0 Å². The number of carbonyl (C=O) groups excluding carboxylic acids is 3. The van der Waals surface area contributed by atoms with Crippen LogP contribution in [0.3, 0.4) is 0 Å². The first kappa shape index (κ1) is 61.5. The Hall–Kier alpha value is -2.08. The number of likely N-dealkylation sites (N-methyl/N-ethyl adjacent to an activating group) is 1. The number of allylic oxidation sites excluding steroid dienone is 2. The maximum atomic E-state index is 14.0. The van der Waals surface area contributed by atoms with Gasteiger partial charge in [0.25, 0.3) is 0 Å². The zero-order valence-electron chi connectivity index (χ0n) is 47.3. The lowest BCUT2D eigenvalue weighted by Crippen LogP contribution is -2.66. The van der Waals surface area contributed by atoms with Crippen molar-refractivity contribution in [3.63, 3.8) is 0 Å². The minimum atomic E-state index is -2.49. The molecule has 17 atom stereocenters. The maximum absolute atomic E-state index is 14.0. The molecule has 2 bridgehead atoms. The first-order valence-electron chi connectivity index (χ1n) is 26.0. The van der Waals surface area contributed by atoms with E-state index in [0.717, 1.165) is 0 Å². The Morgan fingerprint density at radius 3 is 1.99 bits per heavy atom. The highest BCUT2D eigenvalue weighted by atomic mass is 28.4. The fraction of sp³-hybridized carbons (Fsp3) is 0.868. The van der Waals surface area contributed by atoms with Crippen LogP contribution in [0.4, 0.5) is 0 Å². The molecule has 0 aromatic rings. The fourth-order valence-electron chi connectivity index (χ4n) is 9.53. The van der Waals surface area contributed by atoms with Gasteiger partial charge in [-0.2, -0.15) is 0 Å². The van der Waals surface area contributed by atoms with Crippen LogP contribution in [0.1, 0.15) is 129 Å². The van der Waals surface area contributed by atoms with Crippen molar-refractivity contribution in [1.29, 1.82) is 0 Å². The third-order valence-electron chi connectivity index (χ3n) is 15.6. The van der Waals surface area contributed by atoms with E-state index < -0.39 is 126 Å². The first-order chi connectivity index (χ1) is 32.6. The van der Waals surface area contributed by atoms with Gasteiger partial charge < -0.3 is 61.5 Å². The molecule has 0 aromatic heterocycles. The number of methoxy groups -OCH3 is 1. The van der Waals surface area contributed by atoms with Crippen molar-refractivity contribution in [2.75, 3.05) is 21.2 Å². The fourth-order valence-corrected chi connectivity index (χ4v) is 12.0. The Morgan fingerprint density at radius 1 is 0.817 bits per heavy atom. The molecule has 1 unspecified atom stereocenters. The smallest absolute Gasteiger partial charge is 0.308 e. The van der Waals surface area contributed by atoms with Crippen molar-refractivity contribution < 1.29 is 71.0 Å². The number of hydrogen-bond acceptors (Lipinski definition) is 16. The molecule has 410 valence electrons. The summed E-state index contributed by atoms with van der Waals surface area (Å²) >= 11 is 0. The van der Waals surface area contributed by atoms with Crippen LogP contribution in [0.15, 0.2) is 24.3 Å². The first-order valence-corrected chi connectivity index (χ1v) is 31.9. The molecule has 1 N–H and O–H groups in total. The summed E-state index contributed by atoms with van der Waals surface area (Å²) in [6, 6.07) is -0.665. The summed E-state index contributed by atoms with van der Waals surface area (Å²) in [6.45, 7) is 36.2. The Morgan fingerprint density at radius 2 is 1.44 bits per heavy atom. The van der Waals surface area contributed by atoms with E-state index in [4.69, 9.17) is 51.5 Å². The summed E-state index contributed by atoms with van der Waals surface area (Å²) in [5.74, 6) is -2.24. The number of carbonyl (C=O) groups is 3. The highest BCUT2D eigenvalue weighted by molar-refractivity contribution is 6.74. The van der Waals surface area contributed by atoms with E-state index in [1.807, 2.05) is 51.1 Å². The van der Waals surface area contributed by atoms with Gasteiger partial charge in [-0.3, -0.25) is 14.4 Å². The highest BCUT2D eigenvalue weighted by Gasteiger charge is 2.56. The summed E-state index contributed by atoms with van der Waals surface area (Å²) in [5.41, 5.74) is -1.49. The van der Waals surface area contributed by atoms with E-state index in [2.05, 4.69) is 80.7 Å². The Bertz CT molecular complexity index is 1810. The number of nitrogens with zero attached hydrogens (tertiary/aromatic N) is 1. The second-order valence-corrected chi connectivity index (χ2v) is 34.1. The predicted octanol–water partition coefficient (Wildman–Crippen LogP) is 8.84. The number of hydrogen-bond donors (Lipinski definition) is 1. The molecule has 0 amide bonds. The number of esters is 3. The van der Waals surface area contributed by atoms with Crippen LogP contribution >= 0.6 is 0 Å². The van der Waals surface area contributed by atoms with Crippen molar-refractivity contribution >= 4 is 34.5 Å². The van der Waals surface area contributed by atoms with Crippen molar-refractivity contribution in [3.05, 3.63) is 24.3 Å². The van der Waals surface area contributed by atoms with E-state index in [-0.39, 0.29) is 40.9 Å². The average molecular weight is 1040 g/mol. The molecule has 0 saturated carbocycles. The third kappa shape index (κ3) is 16.2. The molecular formula is C53H95NO15Si2. The van der Waals surface area contributed by atoms with Crippen LogP contribution in [0.5, 0.6) is 0 Å². The third-order valence-corrected chi connectivity index (χ3v) is 24.6. The topological polar surface area (TPSA) is 176 Å². The molecule has 0 aliphatic carbocycles. The summed E-state index contributed by atoms with van der Waals surface area (Å²) in [6.07, 6.45) is -0.805. The van der Waals surface area contributed by atoms with Crippen LogP contribution in [0.2, 0.25) is 36.3 Å². The predicted molar refractivity (Wildman–Crippen MR) is 276 cm³/mol. The van der Waals surface area contributed by atoms with Crippen LogP contribution in [0, 0.1) is 17.8 Å². The van der Waals surface area contributed by atoms with Gasteiger partial charge in [0.05, 0.1) is 48.9 Å². The Balaban J connectivity index is 1.85. The number of cyclic esters (lactones) is 1. The van der Waals surface area contributed by atoms with Gasteiger partial charge in [0, 0.05) is 33.3 Å². The molecule has 71 heavy (non-hydrogen) atoms. The Kier molecular flexibility index (Phi) is 21.4. The second-order valence-electron chi connectivity index (χ2n) is 24.6. The van der Waals surface area contributed by atoms with Crippen LogP contribution in [-0.2, 0) is 65.9 Å². The molecule has 18 heteroatoms. The maximum Gasteiger partial charge on any atom is 0.308 e. The lowest BCUT2D eigenvalue weighted by Gasteiger charge is -2.51. The number of ether oxygens (including phenoxy) is 9. The minimum Gasteiger partial charge on any atom is -0.462 e. The summed E-state index contributed by atoms with van der Waals surface area (Å²) < 4.78 is 73.0. The van der Waals surface area contributed by atoms with Gasteiger partial charge >= 0.3 is 17.9 Å². The number of rotatable bonds is 13. The molecule has 4 heterocycles. The van der Waals surface area contributed by atoms with E-state index >= 15 is 0 Å². The molecular weight excluding hydrogens is 947 g/mol. The van der Waals surface area contributed by atoms with Crippen LogP contribution in [-0.4, -0.2) is 157 Å². The van der Waals surface area contributed by atoms with E-state index in [0.29, 0.717) is 19.3 Å². The second kappa shape index (κ2) is 24.7. The number of fused-ring (bicyclic) bond motifs is 3. The van der Waals surface area contributed by atoms with Crippen LogP contribution < -0.4 is 0 Å². The summed E-state index contributed by atoms with van der Waals surface area (Å²) in [5, 5.41) is 11.5. The SMILES string of the molecule is CO[C@@H]1[C@@H](O[C@@H]2O[C@H](C)[C@@H](O[C@H]3C[C@@](C)(O)[C@@H](OC(=O)C(C)C)[C@H](C)O3)[C@H](N(C)C)[C@H]2OC(C)=O)[C@H]2CC(O[Si](C)(C)C(C)(C)C)O[C@@H]1CC(=O)O[C@H](C)C/C=C/C=C/[C@H](O[Si](C)(C)C(C)(C)C)[C@H](C)C2. The van der Waals surface area contributed by atoms with Gasteiger partial charge in [0.2, 0.25) is 0 Å². The van der Waals surface area contributed by atoms with Crippen molar-refractivity contribution in [2.45, 2.75) is 257 Å². The molecule has 0 spiro atoms. The molecule has 16 nitrogen and oxygen atoms in total. The molecule has 3 saturated heterocycles. The lowest BCUT2D eigenvalue weighted by atomic mass is 9.83. The standard InChI is InChI=1S/C53H95NO15Si2/c1-31(2)49(57)67-48-35(6)61-42(30-53(48,14)58)65-44-34(5)62-50(47(63-36(7)55)43(44)54(15)16)66-45-37-27-32(3)38(68-70(18,19)51(8,9)10)26-24-22-23-25-33(4)60-40(56)29-39(46(45)59-17)64-41(28-37)69-71(20,21)52(11,12)13/h22-24,26,31-35,37-39,41-48,50,58H,25,27-30H2,1-21H3/b23-22+,26-24+/t32-,33-,34-,35+,37-,38+,39-,41?,42+,43+,44-,45+,46+,47-,48+,50+,53-/m1/s1. The van der Waals surface area contributed by atoms with Gasteiger partial charge in [-0.15, -0.1) is 0 Å². The molecule has 0 radical (unpaired) electrons. The molecule has 4 rings (SSSR count). The van der Waals surface area contributed by atoms with Gasteiger partial charge in [-0.05, 0) is 96.3 Å². The Labute approximate surface area is 429 Å². The van der Waals surface area contributed by atoms with Crippen LogP contribution in [0.25, 0.3) is 0 Å². The molecule has 3 fully saturated rings. The quantitative estimate of drug-likeness (QED) is 0.105. The number of aliphatic hydroxyl groups is 1. The lowest BCUT2D eigenvalue weighted by molar-refractivity contribution is -0.344. The average Bonchev–Trinajstić information content (AvgIpc) is 3.32. The van der Waals surface area contributed by atoms with E-state index in [1.165, 1.54) is 6.92 Å². The molecule has 0 aromatic carbocycles. The van der Waals surface area contributed by atoms with Gasteiger partial charge in [0.15, 0.2) is 41.4 Å². The van der Waals surface area contributed by atoms with Crippen molar-refractivity contribution in [1.82, 2.24) is 4.90 Å². The minimum absolute atomic E-state index is 0.0152. The van der Waals surface area contributed by atoms with Crippen molar-refractivity contribution in [3.8, 4) is 0 Å². The normalized spacial score (nSPS) is 38.3. The zero-order chi connectivity index (χ0) is 53.8.